The number of fused-ring (bicyclic) bond motifs is 1. The SMILES string of the molecule is CCCCN1CCC(Oc2c(F)ccc3c2NN(F)N3OC(=O)c2ccccc2)CC1. The predicted molar refractivity (Wildman–Crippen MR) is 112 cm³/mol. The van der Waals surface area contributed by atoms with Crippen molar-refractivity contribution < 1.29 is 23.2 Å². The molecule has 31 heavy (non-hydrogen) atoms. The number of ether oxygens (including phenoxy) is 1. The molecule has 1 saturated heterocycles. The average Bonchev–Trinajstić information content (AvgIpc) is 3.11. The number of halogens is 2. The first-order valence-corrected chi connectivity index (χ1v) is 10.6. The van der Waals surface area contributed by atoms with Gasteiger partial charge in [0.2, 0.25) is 0 Å². The van der Waals surface area contributed by atoms with E-state index in [2.05, 4.69) is 17.2 Å². The largest absolute Gasteiger partial charge is 0.485 e. The van der Waals surface area contributed by atoms with Crippen LogP contribution in [0.15, 0.2) is 42.5 Å². The zero-order valence-corrected chi connectivity index (χ0v) is 17.4. The van der Waals surface area contributed by atoms with Gasteiger partial charge in [0.1, 0.15) is 17.5 Å². The zero-order chi connectivity index (χ0) is 21.8. The summed E-state index contributed by atoms with van der Waals surface area (Å²) >= 11 is 0. The number of hydrogen-bond donors (Lipinski definition) is 1. The van der Waals surface area contributed by atoms with Gasteiger partial charge in [0.15, 0.2) is 11.6 Å². The number of rotatable bonds is 7. The third-order valence-corrected chi connectivity index (χ3v) is 5.48. The lowest BCUT2D eigenvalue weighted by Crippen LogP contribution is -2.38. The highest BCUT2D eigenvalue weighted by molar-refractivity contribution is 5.90. The van der Waals surface area contributed by atoms with Gasteiger partial charge in [0.05, 0.1) is 10.9 Å². The molecular weight excluding hydrogens is 406 g/mol. The van der Waals surface area contributed by atoms with Gasteiger partial charge < -0.3 is 14.5 Å². The van der Waals surface area contributed by atoms with Crippen LogP contribution in [0, 0.1) is 5.82 Å². The Morgan fingerprint density at radius 2 is 1.90 bits per heavy atom. The Morgan fingerprint density at radius 1 is 1.16 bits per heavy atom. The fourth-order valence-corrected chi connectivity index (χ4v) is 3.75. The van der Waals surface area contributed by atoms with Gasteiger partial charge in [-0.25, -0.2) is 9.18 Å². The molecule has 0 amide bonds. The molecule has 7 nitrogen and oxygen atoms in total. The summed E-state index contributed by atoms with van der Waals surface area (Å²) in [5, 5.41) is 0.634. The molecule has 1 fully saturated rings. The number of likely N-dealkylation sites (tertiary alicyclic amines) is 1. The molecule has 2 aliphatic heterocycles. The number of anilines is 2. The van der Waals surface area contributed by atoms with Crippen molar-refractivity contribution in [2.24, 2.45) is 0 Å². The molecule has 0 atom stereocenters. The second-order valence-corrected chi connectivity index (χ2v) is 7.67. The van der Waals surface area contributed by atoms with Crippen molar-refractivity contribution in [1.82, 2.24) is 10.2 Å². The van der Waals surface area contributed by atoms with Crippen LogP contribution in [0.4, 0.5) is 20.2 Å². The lowest BCUT2D eigenvalue weighted by Gasteiger charge is -2.32. The maximum Gasteiger partial charge on any atom is 0.365 e. The molecule has 2 aromatic rings. The van der Waals surface area contributed by atoms with Crippen molar-refractivity contribution in [1.29, 1.82) is 0 Å². The molecule has 0 spiro atoms. The summed E-state index contributed by atoms with van der Waals surface area (Å²) in [4.78, 5) is 19.9. The van der Waals surface area contributed by atoms with Crippen LogP contribution in [0.3, 0.4) is 0 Å². The van der Waals surface area contributed by atoms with Crippen molar-refractivity contribution in [2.75, 3.05) is 30.2 Å². The lowest BCUT2D eigenvalue weighted by molar-refractivity contribution is -0.0630. The van der Waals surface area contributed by atoms with E-state index in [-0.39, 0.29) is 34.1 Å². The summed E-state index contributed by atoms with van der Waals surface area (Å²) in [6, 6.07) is 10.7. The molecular formula is C22H26F2N4O3. The number of nitrogens with zero attached hydrogens (tertiary/aromatic N) is 3. The van der Waals surface area contributed by atoms with E-state index in [0.717, 1.165) is 45.3 Å². The van der Waals surface area contributed by atoms with Crippen LogP contribution in [0.5, 0.6) is 5.75 Å². The Labute approximate surface area is 180 Å². The van der Waals surface area contributed by atoms with E-state index in [1.165, 1.54) is 12.1 Å². The van der Waals surface area contributed by atoms with Crippen LogP contribution in [-0.4, -0.2) is 41.9 Å². The summed E-state index contributed by atoms with van der Waals surface area (Å²) < 4.78 is 35.0. The Morgan fingerprint density at radius 3 is 2.61 bits per heavy atom. The number of hydrogen-bond acceptors (Lipinski definition) is 7. The third-order valence-electron chi connectivity index (χ3n) is 5.48. The van der Waals surface area contributed by atoms with Crippen molar-refractivity contribution >= 4 is 17.3 Å². The number of piperidine rings is 1. The van der Waals surface area contributed by atoms with Crippen LogP contribution < -0.4 is 15.3 Å². The van der Waals surface area contributed by atoms with Crippen LogP contribution in [-0.2, 0) is 4.84 Å². The first-order valence-electron chi connectivity index (χ1n) is 10.6. The quantitative estimate of drug-likeness (QED) is 0.647. The summed E-state index contributed by atoms with van der Waals surface area (Å²) in [7, 11) is 0. The number of hydrazine groups is 2. The highest BCUT2D eigenvalue weighted by Crippen LogP contribution is 2.44. The van der Waals surface area contributed by atoms with Gasteiger partial charge in [-0.2, -0.15) is 0 Å². The van der Waals surface area contributed by atoms with Crippen LogP contribution in [0.2, 0.25) is 0 Å². The van der Waals surface area contributed by atoms with E-state index in [1.807, 2.05) is 0 Å². The fourth-order valence-electron chi connectivity index (χ4n) is 3.75. The summed E-state index contributed by atoms with van der Waals surface area (Å²) in [6.07, 6.45) is 3.65. The van der Waals surface area contributed by atoms with Gasteiger partial charge in [-0.05, 0) is 50.1 Å². The lowest BCUT2D eigenvalue weighted by atomic mass is 10.1. The van der Waals surface area contributed by atoms with E-state index in [4.69, 9.17) is 9.57 Å². The minimum absolute atomic E-state index is 0.00877. The predicted octanol–water partition coefficient (Wildman–Crippen LogP) is 4.49. The zero-order valence-electron chi connectivity index (χ0n) is 17.4. The number of nitrogens with one attached hydrogen (secondary N) is 1. The number of unbranched alkanes of at least 4 members (excludes halogenated alkanes) is 1. The molecule has 0 bridgehead atoms. The molecule has 0 unspecified atom stereocenters. The van der Waals surface area contributed by atoms with Gasteiger partial charge in [0.25, 0.3) is 0 Å². The van der Waals surface area contributed by atoms with Gasteiger partial charge >= 0.3 is 5.97 Å². The fraction of sp³-hybridized carbons (Fsp3) is 0.409. The number of benzene rings is 2. The maximum absolute atomic E-state index is 14.6. The summed E-state index contributed by atoms with van der Waals surface area (Å²) in [6.45, 7) is 4.98. The molecule has 166 valence electrons. The second-order valence-electron chi connectivity index (χ2n) is 7.67. The summed E-state index contributed by atoms with van der Waals surface area (Å²) in [5.74, 6) is -1.43. The number of carbonyl (C=O) groups is 1. The van der Waals surface area contributed by atoms with Gasteiger partial charge in [-0.1, -0.05) is 41.2 Å². The average molecular weight is 432 g/mol. The molecule has 2 aromatic carbocycles. The smallest absolute Gasteiger partial charge is 0.365 e. The van der Waals surface area contributed by atoms with Gasteiger partial charge in [-0.15, -0.1) is 0 Å². The molecule has 0 aromatic heterocycles. The van der Waals surface area contributed by atoms with E-state index < -0.39 is 11.8 Å². The molecule has 0 radical (unpaired) electrons. The molecule has 2 heterocycles. The van der Waals surface area contributed by atoms with Gasteiger partial charge in [-0.3, -0.25) is 5.43 Å². The van der Waals surface area contributed by atoms with E-state index >= 15 is 0 Å². The van der Waals surface area contributed by atoms with Crippen molar-refractivity contribution in [3.63, 3.8) is 0 Å². The Balaban J connectivity index is 1.46. The van der Waals surface area contributed by atoms with Crippen LogP contribution in [0.25, 0.3) is 0 Å². The number of carbonyl (C=O) groups excluding carboxylic acids is 1. The first-order chi connectivity index (χ1) is 15.1. The topological polar surface area (TPSA) is 57.3 Å². The van der Waals surface area contributed by atoms with E-state index in [1.54, 1.807) is 30.3 Å². The molecule has 0 saturated carbocycles. The summed E-state index contributed by atoms with van der Waals surface area (Å²) in [5.41, 5.74) is 2.86. The maximum atomic E-state index is 14.6. The molecule has 2 aliphatic rings. The third kappa shape index (κ3) is 4.72. The first kappa shape index (κ1) is 21.3. The Hall–Kier alpha value is -2.91. The molecule has 1 N–H and O–H groups in total. The van der Waals surface area contributed by atoms with Crippen LogP contribution in [0.1, 0.15) is 43.0 Å². The van der Waals surface area contributed by atoms with Crippen molar-refractivity contribution in [2.45, 2.75) is 38.7 Å². The van der Waals surface area contributed by atoms with Crippen molar-refractivity contribution in [3.05, 3.63) is 53.8 Å². The monoisotopic (exact) mass is 432 g/mol. The standard InChI is InChI=1S/C22H26F2N4O3/c1-2-3-13-26-14-11-17(12-15-26)30-21-18(23)9-10-19-20(21)25-28(24)27(19)31-22(29)16-7-5-4-6-8-16/h4-10,17,25H,2-3,11-15H2,1H3. The molecule has 9 heteroatoms. The minimum Gasteiger partial charge on any atom is -0.485 e. The van der Waals surface area contributed by atoms with Gasteiger partial charge in [0, 0.05) is 13.1 Å². The molecule has 4 rings (SSSR count). The molecule has 0 aliphatic carbocycles. The van der Waals surface area contributed by atoms with E-state index in [9.17, 15) is 13.7 Å². The Bertz CT molecular complexity index is 907. The van der Waals surface area contributed by atoms with E-state index in [0.29, 0.717) is 5.17 Å². The normalized spacial score (nSPS) is 17.3. The minimum atomic E-state index is -0.746. The highest BCUT2D eigenvalue weighted by Gasteiger charge is 2.36. The Kier molecular flexibility index (Phi) is 6.53. The highest BCUT2D eigenvalue weighted by atomic mass is 19.2. The van der Waals surface area contributed by atoms with Crippen molar-refractivity contribution in [3.8, 4) is 5.75 Å². The second kappa shape index (κ2) is 9.49. The van der Waals surface area contributed by atoms with Crippen LogP contribution >= 0.6 is 0 Å².